The molecule has 15 heavy (non-hydrogen) atoms. The number of nitrogens with zero attached hydrogens (tertiary/aromatic N) is 3. The van der Waals surface area contributed by atoms with E-state index in [2.05, 4.69) is 25.8 Å². The summed E-state index contributed by atoms with van der Waals surface area (Å²) in [7, 11) is 0. The Morgan fingerprint density at radius 2 is 2.47 bits per heavy atom. The van der Waals surface area contributed by atoms with E-state index < -0.39 is 5.54 Å². The SMILES string of the molecule is CC1(C(=O)Nc2nccnn2)CCCN1. The standard InChI is InChI=1S/C9H13N5O/c1-9(3-2-4-11-9)7(15)13-8-10-5-6-12-14-8/h5-6,11H,2-4H2,1H3,(H,10,13,14,15). The summed E-state index contributed by atoms with van der Waals surface area (Å²) in [5.41, 5.74) is -0.501. The van der Waals surface area contributed by atoms with Gasteiger partial charge in [-0.1, -0.05) is 0 Å². The predicted molar refractivity (Wildman–Crippen MR) is 54.1 cm³/mol. The van der Waals surface area contributed by atoms with Crippen LogP contribution in [0.1, 0.15) is 19.8 Å². The number of aromatic nitrogens is 3. The highest BCUT2D eigenvalue weighted by atomic mass is 16.2. The molecule has 6 nitrogen and oxygen atoms in total. The minimum absolute atomic E-state index is 0.104. The molecule has 1 atom stereocenters. The zero-order valence-corrected chi connectivity index (χ0v) is 8.53. The van der Waals surface area contributed by atoms with Crippen LogP contribution in [0.15, 0.2) is 12.4 Å². The third-order valence-corrected chi connectivity index (χ3v) is 2.58. The van der Waals surface area contributed by atoms with Crippen molar-refractivity contribution < 1.29 is 4.79 Å². The summed E-state index contributed by atoms with van der Waals surface area (Å²) in [5, 5.41) is 13.1. The first-order valence-corrected chi connectivity index (χ1v) is 4.91. The number of amides is 1. The van der Waals surface area contributed by atoms with Gasteiger partial charge >= 0.3 is 0 Å². The molecule has 1 fully saturated rings. The van der Waals surface area contributed by atoms with Gasteiger partial charge in [0.05, 0.1) is 17.9 Å². The van der Waals surface area contributed by atoms with Gasteiger partial charge in [0.2, 0.25) is 11.9 Å². The van der Waals surface area contributed by atoms with Gasteiger partial charge in [0.25, 0.3) is 0 Å². The summed E-state index contributed by atoms with van der Waals surface area (Å²) in [5.74, 6) is 0.144. The quantitative estimate of drug-likeness (QED) is 0.711. The maximum absolute atomic E-state index is 11.9. The molecule has 1 aromatic rings. The van der Waals surface area contributed by atoms with Crippen LogP contribution in [0.4, 0.5) is 5.95 Å². The minimum Gasteiger partial charge on any atom is -0.304 e. The molecule has 0 saturated carbocycles. The molecule has 2 rings (SSSR count). The highest BCUT2D eigenvalue weighted by molar-refractivity contribution is 5.96. The average molecular weight is 207 g/mol. The van der Waals surface area contributed by atoms with Gasteiger partial charge in [-0.05, 0) is 26.3 Å². The van der Waals surface area contributed by atoms with Crippen LogP contribution >= 0.6 is 0 Å². The Balaban J connectivity index is 2.04. The first-order valence-electron chi connectivity index (χ1n) is 4.91. The lowest BCUT2D eigenvalue weighted by atomic mass is 10.00. The second-order valence-electron chi connectivity index (χ2n) is 3.78. The first-order chi connectivity index (χ1) is 7.21. The van der Waals surface area contributed by atoms with Crippen molar-refractivity contribution in [3.63, 3.8) is 0 Å². The summed E-state index contributed by atoms with van der Waals surface area (Å²) < 4.78 is 0. The molecule has 0 aromatic carbocycles. The number of anilines is 1. The second-order valence-corrected chi connectivity index (χ2v) is 3.78. The van der Waals surface area contributed by atoms with Crippen molar-refractivity contribution in [2.24, 2.45) is 0 Å². The molecule has 6 heteroatoms. The van der Waals surface area contributed by atoms with Crippen molar-refractivity contribution in [2.75, 3.05) is 11.9 Å². The summed E-state index contributed by atoms with van der Waals surface area (Å²) in [6, 6.07) is 0. The van der Waals surface area contributed by atoms with Crippen molar-refractivity contribution in [2.45, 2.75) is 25.3 Å². The molecule has 2 N–H and O–H groups in total. The maximum atomic E-state index is 11.9. The largest absolute Gasteiger partial charge is 0.304 e. The van der Waals surface area contributed by atoms with E-state index >= 15 is 0 Å². The Hall–Kier alpha value is -1.56. The van der Waals surface area contributed by atoms with E-state index in [9.17, 15) is 4.79 Å². The van der Waals surface area contributed by atoms with Crippen LogP contribution in [0.3, 0.4) is 0 Å². The molecule has 1 aromatic heterocycles. The summed E-state index contributed by atoms with van der Waals surface area (Å²) in [6.07, 6.45) is 4.80. The van der Waals surface area contributed by atoms with E-state index in [0.29, 0.717) is 0 Å². The zero-order chi connectivity index (χ0) is 10.7. The zero-order valence-electron chi connectivity index (χ0n) is 8.53. The van der Waals surface area contributed by atoms with Crippen molar-refractivity contribution >= 4 is 11.9 Å². The van der Waals surface area contributed by atoms with E-state index in [0.717, 1.165) is 19.4 Å². The normalized spacial score (nSPS) is 25.1. The Bertz CT molecular complexity index is 347. The van der Waals surface area contributed by atoms with E-state index in [4.69, 9.17) is 0 Å². The number of nitrogens with one attached hydrogen (secondary N) is 2. The van der Waals surface area contributed by atoms with Crippen molar-refractivity contribution in [1.82, 2.24) is 20.5 Å². The molecule has 0 aliphatic carbocycles. The first kappa shape index (κ1) is 9.97. The molecule has 80 valence electrons. The third kappa shape index (κ3) is 2.10. The van der Waals surface area contributed by atoms with Gasteiger partial charge in [0.1, 0.15) is 0 Å². The predicted octanol–water partition coefficient (Wildman–Crippen LogP) is -0.0478. The Morgan fingerprint density at radius 1 is 1.60 bits per heavy atom. The molecule has 1 aliphatic heterocycles. The van der Waals surface area contributed by atoms with Crippen LogP contribution in [-0.2, 0) is 4.79 Å². The molecule has 0 bridgehead atoms. The van der Waals surface area contributed by atoms with Crippen LogP contribution < -0.4 is 10.6 Å². The minimum atomic E-state index is -0.501. The van der Waals surface area contributed by atoms with E-state index in [1.165, 1.54) is 12.4 Å². The molecule has 1 aliphatic rings. The topological polar surface area (TPSA) is 79.8 Å². The van der Waals surface area contributed by atoms with Crippen LogP contribution in [0.5, 0.6) is 0 Å². The van der Waals surface area contributed by atoms with Gasteiger partial charge < -0.3 is 5.32 Å². The second kappa shape index (κ2) is 3.90. The molecular weight excluding hydrogens is 194 g/mol. The number of hydrogen-bond donors (Lipinski definition) is 2. The molecule has 1 unspecified atom stereocenters. The lowest BCUT2D eigenvalue weighted by Gasteiger charge is -2.21. The molecule has 1 saturated heterocycles. The van der Waals surface area contributed by atoms with Crippen LogP contribution in [0.2, 0.25) is 0 Å². The number of carbonyl (C=O) groups excluding carboxylic acids is 1. The molecule has 0 spiro atoms. The van der Waals surface area contributed by atoms with Crippen molar-refractivity contribution in [1.29, 1.82) is 0 Å². The van der Waals surface area contributed by atoms with Gasteiger partial charge in [-0.15, -0.1) is 5.10 Å². The summed E-state index contributed by atoms with van der Waals surface area (Å²) in [4.78, 5) is 15.7. The van der Waals surface area contributed by atoms with Gasteiger partial charge in [-0.3, -0.25) is 10.1 Å². The van der Waals surface area contributed by atoms with Gasteiger partial charge in [0, 0.05) is 0 Å². The Morgan fingerprint density at radius 3 is 3.07 bits per heavy atom. The maximum Gasteiger partial charge on any atom is 0.249 e. The Kier molecular flexibility index (Phi) is 2.59. The monoisotopic (exact) mass is 207 g/mol. The van der Waals surface area contributed by atoms with E-state index in [-0.39, 0.29) is 11.9 Å². The van der Waals surface area contributed by atoms with Gasteiger partial charge in [-0.2, -0.15) is 5.10 Å². The fourth-order valence-electron chi connectivity index (χ4n) is 1.63. The number of rotatable bonds is 2. The van der Waals surface area contributed by atoms with Crippen molar-refractivity contribution in [3.8, 4) is 0 Å². The summed E-state index contributed by atoms with van der Waals surface area (Å²) in [6.45, 7) is 2.75. The fourth-order valence-corrected chi connectivity index (χ4v) is 1.63. The Labute approximate surface area is 87.5 Å². The van der Waals surface area contributed by atoms with E-state index in [1.807, 2.05) is 6.92 Å². The molecule has 2 heterocycles. The highest BCUT2D eigenvalue weighted by Crippen LogP contribution is 2.19. The number of carbonyl (C=O) groups is 1. The highest BCUT2D eigenvalue weighted by Gasteiger charge is 2.36. The number of hydrogen-bond acceptors (Lipinski definition) is 5. The van der Waals surface area contributed by atoms with E-state index in [1.54, 1.807) is 0 Å². The van der Waals surface area contributed by atoms with Crippen LogP contribution in [0.25, 0.3) is 0 Å². The van der Waals surface area contributed by atoms with Crippen LogP contribution in [-0.4, -0.2) is 33.2 Å². The summed E-state index contributed by atoms with van der Waals surface area (Å²) >= 11 is 0. The van der Waals surface area contributed by atoms with Crippen molar-refractivity contribution in [3.05, 3.63) is 12.4 Å². The van der Waals surface area contributed by atoms with Gasteiger partial charge in [-0.25, -0.2) is 4.98 Å². The molecule has 1 amide bonds. The van der Waals surface area contributed by atoms with Crippen LogP contribution in [0, 0.1) is 0 Å². The fraction of sp³-hybridized carbons (Fsp3) is 0.556. The lowest BCUT2D eigenvalue weighted by Crippen LogP contribution is -2.48. The molecule has 0 radical (unpaired) electrons. The lowest BCUT2D eigenvalue weighted by molar-refractivity contribution is -0.121. The molecular formula is C9H13N5O. The smallest absolute Gasteiger partial charge is 0.249 e. The third-order valence-electron chi connectivity index (χ3n) is 2.58. The average Bonchev–Trinajstić information content (AvgIpc) is 2.68. The van der Waals surface area contributed by atoms with Gasteiger partial charge in [0.15, 0.2) is 0 Å².